The fourth-order valence-corrected chi connectivity index (χ4v) is 2.60. The van der Waals surface area contributed by atoms with Crippen molar-refractivity contribution in [2.45, 2.75) is 38.4 Å². The minimum absolute atomic E-state index is 0. The Balaban J connectivity index is 0.00000242. The zero-order valence-corrected chi connectivity index (χ0v) is 16.1. The zero-order valence-electron chi connectivity index (χ0n) is 13.1. The number of hydrogen-bond acceptors (Lipinski definition) is 3. The number of ether oxygens (including phenoxy) is 2. The lowest BCUT2D eigenvalue weighted by atomic mass is 10.1. The van der Waals surface area contributed by atoms with Gasteiger partial charge in [0.2, 0.25) is 0 Å². The first-order valence-electron chi connectivity index (χ1n) is 6.98. The number of benzene rings is 1. The van der Waals surface area contributed by atoms with Crippen molar-refractivity contribution >= 4 is 47.2 Å². The second kappa shape index (κ2) is 8.21. The Morgan fingerprint density at radius 1 is 1.55 bits per heavy atom. The van der Waals surface area contributed by atoms with E-state index in [0.717, 1.165) is 18.5 Å². The molecule has 3 N–H and O–H groups in total. The molecule has 2 rings (SSSR count). The average Bonchev–Trinajstić information content (AvgIpc) is 2.76. The molecule has 0 aliphatic carbocycles. The maximum atomic E-state index is 6.06. The van der Waals surface area contributed by atoms with E-state index >= 15 is 0 Å². The van der Waals surface area contributed by atoms with Crippen LogP contribution in [0.5, 0.6) is 5.75 Å². The zero-order chi connectivity index (χ0) is 15.5. The van der Waals surface area contributed by atoms with Crippen molar-refractivity contribution in [1.29, 1.82) is 0 Å². The van der Waals surface area contributed by atoms with Crippen molar-refractivity contribution in [2.75, 3.05) is 19.0 Å². The molecule has 1 saturated heterocycles. The van der Waals surface area contributed by atoms with E-state index in [1.165, 1.54) is 0 Å². The first kappa shape index (κ1) is 19.3. The van der Waals surface area contributed by atoms with E-state index in [4.69, 9.17) is 26.8 Å². The van der Waals surface area contributed by atoms with Crippen LogP contribution in [-0.4, -0.2) is 31.3 Å². The molecule has 0 aromatic heterocycles. The second-order valence-corrected chi connectivity index (χ2v) is 6.15. The van der Waals surface area contributed by atoms with Gasteiger partial charge >= 0.3 is 0 Å². The van der Waals surface area contributed by atoms with Gasteiger partial charge in [-0.05, 0) is 44.9 Å². The SMILES string of the molecule is COc1ccc(NC(N)=NCC2CCC(C)(C)O2)cc1Cl.I. The predicted molar refractivity (Wildman–Crippen MR) is 102 cm³/mol. The van der Waals surface area contributed by atoms with Gasteiger partial charge in [0, 0.05) is 5.69 Å². The van der Waals surface area contributed by atoms with Crippen molar-refractivity contribution < 1.29 is 9.47 Å². The van der Waals surface area contributed by atoms with E-state index in [2.05, 4.69) is 24.2 Å². The molecule has 1 aromatic rings. The molecular weight excluding hydrogens is 417 g/mol. The Morgan fingerprint density at radius 3 is 2.82 bits per heavy atom. The quantitative estimate of drug-likeness (QED) is 0.427. The summed E-state index contributed by atoms with van der Waals surface area (Å²) >= 11 is 6.06. The van der Waals surface area contributed by atoms with Crippen LogP contribution in [0.4, 0.5) is 5.69 Å². The number of nitrogens with one attached hydrogen (secondary N) is 1. The highest BCUT2D eigenvalue weighted by Gasteiger charge is 2.31. The summed E-state index contributed by atoms with van der Waals surface area (Å²) in [5.41, 5.74) is 6.60. The Morgan fingerprint density at radius 2 is 2.27 bits per heavy atom. The smallest absolute Gasteiger partial charge is 0.193 e. The number of aliphatic imine (C=N–C) groups is 1. The van der Waals surface area contributed by atoms with Crippen LogP contribution in [-0.2, 0) is 4.74 Å². The molecule has 1 heterocycles. The van der Waals surface area contributed by atoms with Crippen molar-refractivity contribution in [3.8, 4) is 5.75 Å². The molecule has 1 fully saturated rings. The normalized spacial score (nSPS) is 20.4. The van der Waals surface area contributed by atoms with E-state index < -0.39 is 0 Å². The summed E-state index contributed by atoms with van der Waals surface area (Å²) in [5, 5.41) is 3.54. The summed E-state index contributed by atoms with van der Waals surface area (Å²) in [6.07, 6.45) is 2.20. The first-order chi connectivity index (χ1) is 9.89. The predicted octanol–water partition coefficient (Wildman–Crippen LogP) is 3.65. The third-order valence-electron chi connectivity index (χ3n) is 3.44. The number of rotatable bonds is 4. The molecule has 1 aliphatic rings. The molecule has 1 aliphatic heterocycles. The number of nitrogens with zero attached hydrogens (tertiary/aromatic N) is 1. The highest BCUT2D eigenvalue weighted by atomic mass is 127. The summed E-state index contributed by atoms with van der Waals surface area (Å²) in [4.78, 5) is 4.32. The van der Waals surface area contributed by atoms with Gasteiger partial charge in [-0.3, -0.25) is 4.99 Å². The maximum Gasteiger partial charge on any atom is 0.193 e. The topological polar surface area (TPSA) is 68.9 Å². The molecule has 0 saturated carbocycles. The minimum Gasteiger partial charge on any atom is -0.495 e. The highest BCUT2D eigenvalue weighted by Crippen LogP contribution is 2.29. The third kappa shape index (κ3) is 5.48. The molecule has 22 heavy (non-hydrogen) atoms. The Labute approximate surface area is 153 Å². The average molecular weight is 440 g/mol. The molecule has 0 radical (unpaired) electrons. The van der Waals surface area contributed by atoms with E-state index in [0.29, 0.717) is 23.3 Å². The first-order valence-corrected chi connectivity index (χ1v) is 7.36. The van der Waals surface area contributed by atoms with Crippen LogP contribution >= 0.6 is 35.6 Å². The standard InChI is InChI=1S/C15H22ClN3O2.HI/c1-15(2)7-6-11(21-15)9-18-14(17)19-10-4-5-13(20-3)12(16)8-10;/h4-5,8,11H,6-7,9H2,1-3H3,(H3,17,18,19);1H. The second-order valence-electron chi connectivity index (χ2n) is 5.74. The van der Waals surface area contributed by atoms with Gasteiger partial charge in [0.1, 0.15) is 5.75 Å². The summed E-state index contributed by atoms with van der Waals surface area (Å²) < 4.78 is 11.0. The lowest BCUT2D eigenvalue weighted by Crippen LogP contribution is -2.26. The summed E-state index contributed by atoms with van der Waals surface area (Å²) in [5.74, 6) is 0.976. The van der Waals surface area contributed by atoms with Gasteiger partial charge in [0.15, 0.2) is 5.96 Å². The van der Waals surface area contributed by atoms with Crippen LogP contribution in [0.25, 0.3) is 0 Å². The molecule has 1 unspecified atom stereocenters. The Bertz CT molecular complexity index is 538. The molecule has 1 atom stereocenters. The Hall–Kier alpha value is -0.730. The lowest BCUT2D eigenvalue weighted by molar-refractivity contribution is -0.0106. The molecule has 124 valence electrons. The van der Waals surface area contributed by atoms with Gasteiger partial charge in [-0.1, -0.05) is 11.6 Å². The largest absolute Gasteiger partial charge is 0.495 e. The summed E-state index contributed by atoms with van der Waals surface area (Å²) in [7, 11) is 1.58. The lowest BCUT2D eigenvalue weighted by Gasteiger charge is -2.18. The fourth-order valence-electron chi connectivity index (χ4n) is 2.34. The van der Waals surface area contributed by atoms with Gasteiger partial charge in [0.05, 0.1) is 30.4 Å². The van der Waals surface area contributed by atoms with Crippen LogP contribution in [0.15, 0.2) is 23.2 Å². The molecule has 0 spiro atoms. The molecule has 5 nitrogen and oxygen atoms in total. The molecule has 7 heteroatoms. The summed E-state index contributed by atoms with van der Waals surface area (Å²) in [6, 6.07) is 5.36. The summed E-state index contributed by atoms with van der Waals surface area (Å²) in [6.45, 7) is 4.75. The van der Waals surface area contributed by atoms with Gasteiger partial charge in [-0.15, -0.1) is 24.0 Å². The minimum atomic E-state index is -0.0497. The number of nitrogens with two attached hydrogens (primary N) is 1. The fraction of sp³-hybridized carbons (Fsp3) is 0.533. The van der Waals surface area contributed by atoms with Crippen molar-refractivity contribution in [3.05, 3.63) is 23.2 Å². The van der Waals surface area contributed by atoms with E-state index in [1.54, 1.807) is 19.2 Å². The van der Waals surface area contributed by atoms with Crippen LogP contribution in [0.2, 0.25) is 5.02 Å². The molecule has 0 bridgehead atoms. The van der Waals surface area contributed by atoms with Gasteiger partial charge in [-0.25, -0.2) is 0 Å². The number of methoxy groups -OCH3 is 1. The van der Waals surface area contributed by atoms with Gasteiger partial charge < -0.3 is 20.5 Å². The van der Waals surface area contributed by atoms with Crippen LogP contribution < -0.4 is 15.8 Å². The van der Waals surface area contributed by atoms with E-state index in [1.807, 2.05) is 6.07 Å². The van der Waals surface area contributed by atoms with Crippen LogP contribution in [0.1, 0.15) is 26.7 Å². The number of guanidine groups is 1. The molecular formula is C15H23ClIN3O2. The van der Waals surface area contributed by atoms with E-state index in [9.17, 15) is 0 Å². The Kier molecular flexibility index (Phi) is 7.21. The number of hydrogen-bond donors (Lipinski definition) is 2. The van der Waals surface area contributed by atoms with Gasteiger partial charge in [0.25, 0.3) is 0 Å². The maximum absolute atomic E-state index is 6.06. The van der Waals surface area contributed by atoms with Crippen molar-refractivity contribution in [3.63, 3.8) is 0 Å². The van der Waals surface area contributed by atoms with Gasteiger partial charge in [-0.2, -0.15) is 0 Å². The monoisotopic (exact) mass is 439 g/mol. The van der Waals surface area contributed by atoms with E-state index in [-0.39, 0.29) is 35.7 Å². The van der Waals surface area contributed by atoms with Crippen LogP contribution in [0.3, 0.4) is 0 Å². The van der Waals surface area contributed by atoms with Crippen molar-refractivity contribution in [2.24, 2.45) is 10.7 Å². The third-order valence-corrected chi connectivity index (χ3v) is 3.74. The molecule has 0 amide bonds. The van der Waals surface area contributed by atoms with Crippen LogP contribution in [0, 0.1) is 0 Å². The number of halogens is 2. The number of anilines is 1. The van der Waals surface area contributed by atoms with Crippen molar-refractivity contribution in [1.82, 2.24) is 0 Å². The highest BCUT2D eigenvalue weighted by molar-refractivity contribution is 14.0. The molecule has 1 aromatic carbocycles.